The number of amides is 2. The molecule has 1 aromatic carbocycles. The van der Waals surface area contributed by atoms with Crippen LogP contribution in [0.4, 0.5) is 5.69 Å². The van der Waals surface area contributed by atoms with E-state index in [4.69, 9.17) is 11.6 Å². The molecule has 0 radical (unpaired) electrons. The Balaban J connectivity index is 0.00000280. The zero-order valence-electron chi connectivity index (χ0n) is 16.2. The minimum absolute atomic E-state index is 0. The molecule has 0 bridgehead atoms. The Hall–Kier alpha value is -1.34. The van der Waals surface area contributed by atoms with Crippen molar-refractivity contribution in [3.63, 3.8) is 0 Å². The summed E-state index contributed by atoms with van der Waals surface area (Å²) in [4.78, 5) is 27.0. The number of benzene rings is 1. The molecule has 6 nitrogen and oxygen atoms in total. The summed E-state index contributed by atoms with van der Waals surface area (Å²) in [5, 5.41) is 9.92. The summed E-state index contributed by atoms with van der Waals surface area (Å²) in [7, 11) is 0. The second-order valence-electron chi connectivity index (χ2n) is 7.57. The fourth-order valence-corrected chi connectivity index (χ4v) is 3.96. The van der Waals surface area contributed by atoms with Crippen LogP contribution in [0, 0.1) is 5.92 Å². The van der Waals surface area contributed by atoms with Gasteiger partial charge in [0.25, 0.3) is 0 Å². The lowest BCUT2D eigenvalue weighted by Gasteiger charge is -2.36. The zero-order chi connectivity index (χ0) is 19.2. The molecule has 3 N–H and O–H groups in total. The molecule has 8 heteroatoms. The molecule has 3 unspecified atom stereocenters. The SMILES string of the molecule is CC(C(=O)Nc1ccc(Cl)cc1)N1CCCC(CNC(=O)C2CCCN2)C1.Cl. The maximum Gasteiger partial charge on any atom is 0.241 e. The van der Waals surface area contributed by atoms with Gasteiger partial charge in [-0.25, -0.2) is 0 Å². The van der Waals surface area contributed by atoms with Gasteiger partial charge in [-0.3, -0.25) is 14.5 Å². The molecule has 0 aliphatic carbocycles. The third-order valence-electron chi connectivity index (χ3n) is 5.53. The van der Waals surface area contributed by atoms with Gasteiger partial charge >= 0.3 is 0 Å². The Morgan fingerprint density at radius 2 is 2.00 bits per heavy atom. The number of hydrogen-bond donors (Lipinski definition) is 3. The highest BCUT2D eigenvalue weighted by molar-refractivity contribution is 6.30. The Labute approximate surface area is 178 Å². The normalized spacial score (nSPS) is 23.5. The first-order valence-corrected chi connectivity index (χ1v) is 10.2. The van der Waals surface area contributed by atoms with Crippen molar-refractivity contribution >= 4 is 41.5 Å². The Morgan fingerprint density at radius 3 is 2.68 bits per heavy atom. The monoisotopic (exact) mass is 428 g/mol. The fraction of sp³-hybridized carbons (Fsp3) is 0.600. The van der Waals surface area contributed by atoms with Crippen LogP contribution in [-0.4, -0.2) is 55.0 Å². The minimum atomic E-state index is -0.212. The lowest BCUT2D eigenvalue weighted by Crippen LogP contribution is -2.50. The number of carbonyl (C=O) groups is 2. The van der Waals surface area contributed by atoms with Gasteiger partial charge in [-0.05, 0) is 75.9 Å². The van der Waals surface area contributed by atoms with Gasteiger partial charge in [0.05, 0.1) is 12.1 Å². The molecule has 2 aliphatic heterocycles. The van der Waals surface area contributed by atoms with E-state index < -0.39 is 0 Å². The molecule has 1 aromatic rings. The molecule has 28 heavy (non-hydrogen) atoms. The minimum Gasteiger partial charge on any atom is -0.354 e. The molecule has 2 saturated heterocycles. The summed E-state index contributed by atoms with van der Waals surface area (Å²) in [6.45, 7) is 5.28. The van der Waals surface area contributed by atoms with Crippen LogP contribution >= 0.6 is 24.0 Å². The van der Waals surface area contributed by atoms with E-state index in [1.807, 2.05) is 6.92 Å². The number of halogens is 2. The van der Waals surface area contributed by atoms with E-state index in [0.29, 0.717) is 17.5 Å². The third kappa shape index (κ3) is 6.34. The Kier molecular flexibility index (Phi) is 9.02. The highest BCUT2D eigenvalue weighted by Crippen LogP contribution is 2.20. The summed E-state index contributed by atoms with van der Waals surface area (Å²) >= 11 is 5.89. The molecule has 156 valence electrons. The standard InChI is InChI=1S/C20H29ClN4O2.ClH/c1-14(19(26)24-17-8-6-16(21)7-9-17)25-11-3-4-15(13-25)12-23-20(27)18-5-2-10-22-18;/h6-9,14-15,18,22H,2-5,10-13H2,1H3,(H,23,27)(H,24,26);1H. The fourth-order valence-electron chi connectivity index (χ4n) is 3.84. The molecular weight excluding hydrogens is 399 g/mol. The highest BCUT2D eigenvalue weighted by Gasteiger charge is 2.28. The molecule has 0 aromatic heterocycles. The molecule has 0 spiro atoms. The third-order valence-corrected chi connectivity index (χ3v) is 5.78. The molecule has 0 saturated carbocycles. The van der Waals surface area contributed by atoms with Gasteiger partial charge in [-0.1, -0.05) is 11.6 Å². The van der Waals surface area contributed by atoms with E-state index in [9.17, 15) is 9.59 Å². The van der Waals surface area contributed by atoms with Gasteiger partial charge in [0.15, 0.2) is 0 Å². The predicted octanol–water partition coefficient (Wildman–Crippen LogP) is 2.67. The van der Waals surface area contributed by atoms with Crippen molar-refractivity contribution in [2.45, 2.75) is 44.7 Å². The molecule has 2 heterocycles. The van der Waals surface area contributed by atoms with E-state index >= 15 is 0 Å². The topological polar surface area (TPSA) is 73.5 Å². The van der Waals surface area contributed by atoms with Crippen molar-refractivity contribution in [3.05, 3.63) is 29.3 Å². The lowest BCUT2D eigenvalue weighted by molar-refractivity contribution is -0.124. The summed E-state index contributed by atoms with van der Waals surface area (Å²) in [6, 6.07) is 6.89. The number of carbonyl (C=O) groups excluding carboxylic acids is 2. The average molecular weight is 429 g/mol. The number of anilines is 1. The Morgan fingerprint density at radius 1 is 1.25 bits per heavy atom. The first-order valence-electron chi connectivity index (χ1n) is 9.84. The number of piperidine rings is 1. The second kappa shape index (κ2) is 11.0. The van der Waals surface area contributed by atoms with Crippen molar-refractivity contribution in [2.75, 3.05) is 31.5 Å². The number of hydrogen-bond acceptors (Lipinski definition) is 4. The first kappa shape index (κ1) is 22.9. The van der Waals surface area contributed by atoms with Gasteiger partial charge in [0.2, 0.25) is 11.8 Å². The van der Waals surface area contributed by atoms with Crippen LogP contribution in [0.2, 0.25) is 5.02 Å². The predicted molar refractivity (Wildman–Crippen MR) is 115 cm³/mol. The van der Waals surface area contributed by atoms with Crippen molar-refractivity contribution in [2.24, 2.45) is 5.92 Å². The molecule has 3 atom stereocenters. The van der Waals surface area contributed by atoms with Gasteiger partial charge in [0, 0.05) is 23.8 Å². The molecule has 2 amide bonds. The maximum absolute atomic E-state index is 12.6. The van der Waals surface area contributed by atoms with E-state index in [-0.39, 0.29) is 36.3 Å². The summed E-state index contributed by atoms with van der Waals surface area (Å²) in [5.74, 6) is 0.477. The average Bonchev–Trinajstić information content (AvgIpc) is 3.22. The number of likely N-dealkylation sites (tertiary alicyclic amines) is 1. The van der Waals surface area contributed by atoms with Gasteiger partial charge < -0.3 is 16.0 Å². The van der Waals surface area contributed by atoms with Crippen molar-refractivity contribution in [1.29, 1.82) is 0 Å². The van der Waals surface area contributed by atoms with Crippen LogP contribution in [0.15, 0.2) is 24.3 Å². The largest absolute Gasteiger partial charge is 0.354 e. The van der Waals surface area contributed by atoms with Gasteiger partial charge in [-0.15, -0.1) is 12.4 Å². The van der Waals surface area contributed by atoms with E-state index in [1.165, 1.54) is 0 Å². The van der Waals surface area contributed by atoms with Crippen molar-refractivity contribution in [1.82, 2.24) is 15.5 Å². The van der Waals surface area contributed by atoms with Crippen LogP contribution in [0.3, 0.4) is 0 Å². The lowest BCUT2D eigenvalue weighted by atomic mass is 9.96. The molecule has 2 aliphatic rings. The van der Waals surface area contributed by atoms with Crippen LogP contribution in [-0.2, 0) is 9.59 Å². The molecular formula is C20H30Cl2N4O2. The van der Waals surface area contributed by atoms with Crippen LogP contribution in [0.5, 0.6) is 0 Å². The number of nitrogens with one attached hydrogen (secondary N) is 3. The summed E-state index contributed by atoms with van der Waals surface area (Å²) in [6.07, 6.45) is 4.11. The van der Waals surface area contributed by atoms with Crippen LogP contribution in [0.25, 0.3) is 0 Å². The van der Waals surface area contributed by atoms with Crippen molar-refractivity contribution < 1.29 is 9.59 Å². The molecule has 2 fully saturated rings. The zero-order valence-corrected chi connectivity index (χ0v) is 17.8. The Bertz CT molecular complexity index is 650. The smallest absolute Gasteiger partial charge is 0.241 e. The second-order valence-corrected chi connectivity index (χ2v) is 8.01. The van der Waals surface area contributed by atoms with E-state index in [2.05, 4.69) is 20.9 Å². The highest BCUT2D eigenvalue weighted by atomic mass is 35.5. The summed E-state index contributed by atoms with van der Waals surface area (Å²) in [5.41, 5.74) is 0.751. The van der Waals surface area contributed by atoms with Crippen LogP contribution < -0.4 is 16.0 Å². The maximum atomic E-state index is 12.6. The quantitative estimate of drug-likeness (QED) is 0.650. The number of nitrogens with zero attached hydrogens (tertiary/aromatic N) is 1. The molecule has 3 rings (SSSR count). The van der Waals surface area contributed by atoms with Gasteiger partial charge in [-0.2, -0.15) is 0 Å². The van der Waals surface area contributed by atoms with E-state index in [1.54, 1.807) is 24.3 Å². The van der Waals surface area contributed by atoms with E-state index in [0.717, 1.165) is 51.0 Å². The summed E-state index contributed by atoms with van der Waals surface area (Å²) < 4.78 is 0. The number of rotatable bonds is 6. The van der Waals surface area contributed by atoms with Crippen LogP contribution in [0.1, 0.15) is 32.6 Å². The van der Waals surface area contributed by atoms with Gasteiger partial charge in [0.1, 0.15) is 0 Å². The van der Waals surface area contributed by atoms with Crippen molar-refractivity contribution in [3.8, 4) is 0 Å². The first-order chi connectivity index (χ1) is 13.0.